The van der Waals surface area contributed by atoms with Crippen LogP contribution in [0.2, 0.25) is 0 Å². The minimum Gasteiger partial charge on any atom is -0.463 e. The average molecular weight is 336 g/mol. The summed E-state index contributed by atoms with van der Waals surface area (Å²) in [6, 6.07) is 13.2. The molecule has 25 heavy (non-hydrogen) atoms. The van der Waals surface area contributed by atoms with Gasteiger partial charge in [0, 0.05) is 29.7 Å². The Morgan fingerprint density at radius 3 is 2.80 bits per heavy atom. The molecule has 2 heterocycles. The summed E-state index contributed by atoms with van der Waals surface area (Å²) in [4.78, 5) is 17.2. The van der Waals surface area contributed by atoms with Crippen molar-refractivity contribution in [3.8, 4) is 0 Å². The van der Waals surface area contributed by atoms with Gasteiger partial charge in [0.25, 0.3) is 5.91 Å². The third kappa shape index (κ3) is 3.28. The monoisotopic (exact) mass is 336 g/mol. The average Bonchev–Trinajstić information content (AvgIpc) is 3.03. The predicted molar refractivity (Wildman–Crippen MR) is 94.1 cm³/mol. The van der Waals surface area contributed by atoms with Crippen LogP contribution >= 0.6 is 0 Å². The van der Waals surface area contributed by atoms with Crippen LogP contribution in [0.25, 0.3) is 11.0 Å². The molecular weight excluding hydrogens is 316 g/mol. The topological polar surface area (TPSA) is 75.4 Å². The van der Waals surface area contributed by atoms with Crippen LogP contribution in [0.5, 0.6) is 0 Å². The first-order chi connectivity index (χ1) is 12.2. The summed E-state index contributed by atoms with van der Waals surface area (Å²) in [5, 5.41) is 13.6. The number of pyridine rings is 1. The van der Waals surface area contributed by atoms with Gasteiger partial charge in [-0.25, -0.2) is 0 Å². The maximum atomic E-state index is 12.8. The number of benzene rings is 1. The quantitative estimate of drug-likeness (QED) is 0.751. The zero-order valence-electron chi connectivity index (χ0n) is 13.8. The molecule has 1 saturated carbocycles. The number of fused-ring (bicyclic) bond motifs is 1. The van der Waals surface area contributed by atoms with Crippen molar-refractivity contribution in [2.45, 2.75) is 31.4 Å². The van der Waals surface area contributed by atoms with Crippen LogP contribution in [0.1, 0.15) is 28.9 Å². The van der Waals surface area contributed by atoms with E-state index in [1.54, 1.807) is 6.20 Å². The number of furan rings is 1. The lowest BCUT2D eigenvalue weighted by Gasteiger charge is -2.38. The second-order valence-corrected chi connectivity index (χ2v) is 6.64. The van der Waals surface area contributed by atoms with E-state index in [1.165, 1.54) is 6.26 Å². The van der Waals surface area contributed by atoms with Crippen molar-refractivity contribution in [2.24, 2.45) is 5.92 Å². The first-order valence-corrected chi connectivity index (χ1v) is 8.56. The van der Waals surface area contributed by atoms with Crippen LogP contribution in [0.15, 0.2) is 59.3 Å². The Hall–Kier alpha value is -2.66. The Bertz CT molecular complexity index is 869. The van der Waals surface area contributed by atoms with Gasteiger partial charge in [-0.1, -0.05) is 24.3 Å². The highest BCUT2D eigenvalue weighted by molar-refractivity contribution is 6.06. The second-order valence-electron chi connectivity index (χ2n) is 6.64. The Kier molecular flexibility index (Phi) is 4.24. The van der Waals surface area contributed by atoms with Gasteiger partial charge in [0.05, 0.1) is 11.7 Å². The zero-order valence-corrected chi connectivity index (χ0v) is 13.8. The van der Waals surface area contributed by atoms with Crippen LogP contribution in [0, 0.1) is 5.92 Å². The molecule has 0 unspecified atom stereocenters. The summed E-state index contributed by atoms with van der Waals surface area (Å²) in [5.74, 6) is 0.117. The maximum absolute atomic E-state index is 12.8. The summed E-state index contributed by atoms with van der Waals surface area (Å²) >= 11 is 0. The molecule has 1 aromatic carbocycles. The lowest BCUT2D eigenvalue weighted by Crippen LogP contribution is -2.48. The van der Waals surface area contributed by atoms with Gasteiger partial charge in [-0.2, -0.15) is 0 Å². The molecule has 3 aromatic rings. The zero-order chi connectivity index (χ0) is 17.2. The Labute approximate surface area is 145 Å². The predicted octanol–water partition coefficient (Wildman–Crippen LogP) is 2.94. The van der Waals surface area contributed by atoms with Crippen LogP contribution in [-0.2, 0) is 6.42 Å². The van der Waals surface area contributed by atoms with Gasteiger partial charge in [0.2, 0.25) is 0 Å². The molecule has 1 aliphatic rings. The number of carbonyl (C=O) groups is 1. The number of nitrogens with zero attached hydrogens (tertiary/aromatic N) is 1. The number of para-hydroxylation sites is 1. The standard InChI is InChI=1S/C20H20N2O3/c23-15-9-13(10-15)18(11-14-5-3-4-8-21-14)22-20(24)17-12-25-19-7-2-1-6-16(17)19/h1-8,12-13,15,18,23H,9-11H2,(H,22,24)/t13?,15?,18-/m1/s1. The first-order valence-electron chi connectivity index (χ1n) is 8.56. The molecular formula is C20H20N2O3. The minimum absolute atomic E-state index is 0.0561. The normalized spacial score (nSPS) is 20.8. The van der Waals surface area contributed by atoms with Gasteiger partial charge < -0.3 is 14.8 Å². The number of hydrogen-bond donors (Lipinski definition) is 2. The van der Waals surface area contributed by atoms with Crippen LogP contribution in [-0.4, -0.2) is 28.1 Å². The van der Waals surface area contributed by atoms with E-state index < -0.39 is 0 Å². The number of aliphatic hydroxyl groups is 1. The smallest absolute Gasteiger partial charge is 0.255 e. The number of aliphatic hydroxyl groups excluding tert-OH is 1. The fourth-order valence-corrected chi connectivity index (χ4v) is 3.44. The van der Waals surface area contributed by atoms with Gasteiger partial charge in [0.15, 0.2) is 0 Å². The number of aromatic nitrogens is 1. The molecule has 1 atom stereocenters. The summed E-state index contributed by atoms with van der Waals surface area (Å²) in [5.41, 5.74) is 2.18. The molecule has 4 rings (SSSR count). The van der Waals surface area contributed by atoms with E-state index in [-0.39, 0.29) is 24.0 Å². The Balaban J connectivity index is 1.54. The van der Waals surface area contributed by atoms with Gasteiger partial charge >= 0.3 is 0 Å². The molecule has 0 saturated heterocycles. The third-order valence-electron chi connectivity index (χ3n) is 4.92. The van der Waals surface area contributed by atoms with Crippen molar-refractivity contribution in [1.82, 2.24) is 10.3 Å². The third-order valence-corrected chi connectivity index (χ3v) is 4.92. The molecule has 0 radical (unpaired) electrons. The Morgan fingerprint density at radius 2 is 2.04 bits per heavy atom. The summed E-state index contributed by atoms with van der Waals surface area (Å²) < 4.78 is 5.47. The molecule has 0 spiro atoms. The molecule has 1 amide bonds. The van der Waals surface area contributed by atoms with Crippen molar-refractivity contribution in [3.63, 3.8) is 0 Å². The number of carbonyl (C=O) groups excluding carboxylic acids is 1. The molecule has 0 bridgehead atoms. The number of hydrogen-bond acceptors (Lipinski definition) is 4. The lowest BCUT2D eigenvalue weighted by atomic mass is 9.76. The van der Waals surface area contributed by atoms with E-state index >= 15 is 0 Å². The summed E-state index contributed by atoms with van der Waals surface area (Å²) in [6.45, 7) is 0. The van der Waals surface area contributed by atoms with Crippen molar-refractivity contribution in [2.75, 3.05) is 0 Å². The maximum Gasteiger partial charge on any atom is 0.255 e. The molecule has 2 aromatic heterocycles. The number of amides is 1. The van der Waals surface area contributed by atoms with Gasteiger partial charge in [-0.3, -0.25) is 9.78 Å². The summed E-state index contributed by atoms with van der Waals surface area (Å²) in [7, 11) is 0. The number of rotatable bonds is 5. The van der Waals surface area contributed by atoms with Crippen molar-refractivity contribution in [1.29, 1.82) is 0 Å². The SMILES string of the molecule is O=C(N[C@H](Cc1ccccn1)C1CC(O)C1)c1coc2ccccc12. The van der Waals surface area contributed by atoms with E-state index in [9.17, 15) is 9.90 Å². The fourth-order valence-electron chi connectivity index (χ4n) is 3.44. The van der Waals surface area contributed by atoms with Crippen molar-refractivity contribution >= 4 is 16.9 Å². The highest BCUT2D eigenvalue weighted by atomic mass is 16.3. The summed E-state index contributed by atoms with van der Waals surface area (Å²) in [6.07, 6.45) is 5.08. The van der Waals surface area contributed by atoms with E-state index in [4.69, 9.17) is 4.42 Å². The van der Waals surface area contributed by atoms with E-state index in [0.717, 1.165) is 11.1 Å². The van der Waals surface area contributed by atoms with Gasteiger partial charge in [-0.15, -0.1) is 0 Å². The largest absolute Gasteiger partial charge is 0.463 e. The Morgan fingerprint density at radius 1 is 1.24 bits per heavy atom. The second kappa shape index (κ2) is 6.69. The fraction of sp³-hybridized carbons (Fsp3) is 0.300. The van der Waals surface area contributed by atoms with Crippen LogP contribution in [0.4, 0.5) is 0 Å². The molecule has 5 heteroatoms. The number of nitrogens with one attached hydrogen (secondary N) is 1. The minimum atomic E-state index is -0.261. The molecule has 128 valence electrons. The van der Waals surface area contributed by atoms with Gasteiger partial charge in [-0.05, 0) is 37.0 Å². The molecule has 1 fully saturated rings. The van der Waals surface area contributed by atoms with E-state index in [0.29, 0.717) is 30.4 Å². The van der Waals surface area contributed by atoms with Gasteiger partial charge in [0.1, 0.15) is 11.8 Å². The van der Waals surface area contributed by atoms with Crippen molar-refractivity contribution < 1.29 is 14.3 Å². The highest BCUT2D eigenvalue weighted by Crippen LogP contribution is 2.32. The molecule has 5 nitrogen and oxygen atoms in total. The van der Waals surface area contributed by atoms with Crippen molar-refractivity contribution in [3.05, 3.63) is 66.2 Å². The van der Waals surface area contributed by atoms with Crippen LogP contribution in [0.3, 0.4) is 0 Å². The molecule has 1 aliphatic carbocycles. The van der Waals surface area contributed by atoms with Crippen LogP contribution < -0.4 is 5.32 Å². The molecule has 2 N–H and O–H groups in total. The molecule has 0 aliphatic heterocycles. The van der Waals surface area contributed by atoms with E-state index in [2.05, 4.69) is 10.3 Å². The first kappa shape index (κ1) is 15.8. The van der Waals surface area contributed by atoms with E-state index in [1.807, 2.05) is 42.5 Å². The lowest BCUT2D eigenvalue weighted by molar-refractivity contribution is 0.0238. The highest BCUT2D eigenvalue weighted by Gasteiger charge is 2.35.